The van der Waals surface area contributed by atoms with E-state index in [2.05, 4.69) is 0 Å². The van der Waals surface area contributed by atoms with Crippen molar-refractivity contribution in [3.05, 3.63) is 0 Å². The van der Waals surface area contributed by atoms with Crippen LogP contribution >= 0.6 is 0 Å². The summed E-state index contributed by atoms with van der Waals surface area (Å²) in [6.07, 6.45) is 0.338. The predicted octanol–water partition coefficient (Wildman–Crippen LogP) is 4.39. The van der Waals surface area contributed by atoms with Crippen LogP contribution in [-0.4, -0.2) is 83.5 Å². The molecule has 2 amide bonds. The summed E-state index contributed by atoms with van der Waals surface area (Å²) in [4.78, 5) is 50.7. The standard InChI is InChI=1S/2C13H23NO4/c2*1-8-7-10(11(15)17-6)14(9(8)2)12(16)18-13(3,4)5/h2*8-10H,7H2,1-6H3/t8-,9+,10+;8-,9-,10-/m10/s1. The second-order valence-corrected chi connectivity index (χ2v) is 11.8. The molecule has 36 heavy (non-hydrogen) atoms. The van der Waals surface area contributed by atoms with E-state index in [0.29, 0.717) is 12.8 Å². The lowest BCUT2D eigenvalue weighted by atomic mass is 10.0. The van der Waals surface area contributed by atoms with Gasteiger partial charge in [0.05, 0.1) is 14.2 Å². The van der Waals surface area contributed by atoms with Crippen molar-refractivity contribution < 1.29 is 38.1 Å². The van der Waals surface area contributed by atoms with E-state index in [9.17, 15) is 19.2 Å². The van der Waals surface area contributed by atoms with Gasteiger partial charge in [-0.1, -0.05) is 13.8 Å². The maximum atomic E-state index is 12.1. The van der Waals surface area contributed by atoms with E-state index in [1.807, 2.05) is 69.2 Å². The molecule has 0 unspecified atom stereocenters. The summed E-state index contributed by atoms with van der Waals surface area (Å²) >= 11 is 0. The summed E-state index contributed by atoms with van der Waals surface area (Å²) in [5.41, 5.74) is -1.13. The SMILES string of the molecule is COC(=O)[C@@H]1C[C@@H](C)[C@H](C)N1C(=O)OC(C)(C)C.COC(=O)[C@@H]1C[C@H](C)[C@H](C)N1C(=O)OC(C)(C)C. The molecule has 2 fully saturated rings. The Labute approximate surface area is 215 Å². The molecule has 2 rings (SSSR count). The number of carbonyl (C=O) groups excluding carboxylic acids is 4. The molecule has 0 bridgehead atoms. The predicted molar refractivity (Wildman–Crippen MR) is 134 cm³/mol. The lowest BCUT2D eigenvalue weighted by Gasteiger charge is -2.30. The highest BCUT2D eigenvalue weighted by Crippen LogP contribution is 2.32. The first kappa shape index (κ1) is 31.5. The molecule has 2 aliphatic rings. The second kappa shape index (κ2) is 12.1. The van der Waals surface area contributed by atoms with Crippen LogP contribution in [0.25, 0.3) is 0 Å². The summed E-state index contributed by atoms with van der Waals surface area (Å²) in [6.45, 7) is 18.7. The second-order valence-electron chi connectivity index (χ2n) is 11.8. The van der Waals surface area contributed by atoms with Crippen molar-refractivity contribution in [2.45, 2.75) is 117 Å². The number of methoxy groups -OCH3 is 2. The van der Waals surface area contributed by atoms with Crippen LogP contribution < -0.4 is 0 Å². The molecular weight excluding hydrogens is 468 g/mol. The molecule has 2 aliphatic heterocycles. The molecule has 0 saturated carbocycles. The number of esters is 2. The third-order valence-electron chi connectivity index (χ3n) is 6.54. The van der Waals surface area contributed by atoms with Gasteiger partial charge < -0.3 is 18.9 Å². The normalized spacial score (nSPS) is 28.1. The Morgan fingerprint density at radius 2 is 0.889 bits per heavy atom. The number of hydrogen-bond donors (Lipinski definition) is 0. The van der Waals surface area contributed by atoms with Gasteiger partial charge in [0, 0.05) is 12.1 Å². The largest absolute Gasteiger partial charge is 0.467 e. The van der Waals surface area contributed by atoms with E-state index in [-0.39, 0.29) is 35.9 Å². The van der Waals surface area contributed by atoms with Crippen LogP contribution in [0.15, 0.2) is 0 Å². The monoisotopic (exact) mass is 514 g/mol. The highest BCUT2D eigenvalue weighted by Gasteiger charge is 2.46. The van der Waals surface area contributed by atoms with E-state index >= 15 is 0 Å². The molecule has 0 aromatic carbocycles. The minimum absolute atomic E-state index is 0.0241. The van der Waals surface area contributed by atoms with Gasteiger partial charge in [-0.3, -0.25) is 9.80 Å². The number of hydrogen-bond acceptors (Lipinski definition) is 8. The smallest absolute Gasteiger partial charge is 0.411 e. The van der Waals surface area contributed by atoms with Crippen LogP contribution in [0.3, 0.4) is 0 Å². The summed E-state index contributed by atoms with van der Waals surface area (Å²) in [5, 5.41) is 0. The highest BCUT2D eigenvalue weighted by molar-refractivity contribution is 5.83. The van der Waals surface area contributed by atoms with Crippen molar-refractivity contribution in [3.63, 3.8) is 0 Å². The lowest BCUT2D eigenvalue weighted by molar-refractivity contribution is -0.146. The number of likely N-dealkylation sites (tertiary alicyclic amines) is 2. The van der Waals surface area contributed by atoms with Crippen LogP contribution in [0.4, 0.5) is 9.59 Å². The third-order valence-corrected chi connectivity index (χ3v) is 6.54. The molecule has 6 atom stereocenters. The molecule has 0 aromatic rings. The van der Waals surface area contributed by atoms with Gasteiger partial charge in [0.25, 0.3) is 0 Å². The van der Waals surface area contributed by atoms with Gasteiger partial charge in [-0.05, 0) is 80.1 Å². The van der Waals surface area contributed by atoms with Crippen LogP contribution in [0, 0.1) is 11.8 Å². The van der Waals surface area contributed by atoms with Gasteiger partial charge in [0.15, 0.2) is 0 Å². The van der Waals surface area contributed by atoms with Gasteiger partial charge in [-0.25, -0.2) is 19.2 Å². The molecule has 10 heteroatoms. The lowest BCUT2D eigenvalue weighted by Crippen LogP contribution is -2.47. The van der Waals surface area contributed by atoms with Gasteiger partial charge in [0.1, 0.15) is 23.3 Å². The highest BCUT2D eigenvalue weighted by atomic mass is 16.6. The van der Waals surface area contributed by atoms with E-state index in [1.54, 1.807) is 0 Å². The van der Waals surface area contributed by atoms with Gasteiger partial charge in [-0.15, -0.1) is 0 Å². The molecular formula is C26H46N2O8. The fourth-order valence-corrected chi connectivity index (χ4v) is 4.35. The quantitative estimate of drug-likeness (QED) is 0.394. The van der Waals surface area contributed by atoms with Crippen LogP contribution in [-0.2, 0) is 28.5 Å². The Morgan fingerprint density at radius 3 is 1.11 bits per heavy atom. The molecule has 208 valence electrons. The zero-order valence-corrected chi connectivity index (χ0v) is 24.0. The summed E-state index contributed by atoms with van der Waals surface area (Å²) in [6, 6.07) is -1.11. The molecule has 0 radical (unpaired) electrons. The first-order valence-corrected chi connectivity index (χ1v) is 12.5. The maximum Gasteiger partial charge on any atom is 0.411 e. The zero-order valence-electron chi connectivity index (χ0n) is 24.0. The van der Waals surface area contributed by atoms with Crippen molar-refractivity contribution in [2.24, 2.45) is 11.8 Å². The molecule has 2 heterocycles. The van der Waals surface area contributed by atoms with Gasteiger partial charge >= 0.3 is 24.1 Å². The van der Waals surface area contributed by atoms with Crippen molar-refractivity contribution in [2.75, 3.05) is 14.2 Å². The molecule has 0 N–H and O–H groups in total. The van der Waals surface area contributed by atoms with E-state index in [4.69, 9.17) is 18.9 Å². The van der Waals surface area contributed by atoms with E-state index in [0.717, 1.165) is 0 Å². The summed E-state index contributed by atoms with van der Waals surface area (Å²) < 4.78 is 20.2. The van der Waals surface area contributed by atoms with E-state index < -0.39 is 35.5 Å². The first-order valence-electron chi connectivity index (χ1n) is 12.5. The summed E-state index contributed by atoms with van der Waals surface area (Å²) in [7, 11) is 2.67. The fraction of sp³-hybridized carbons (Fsp3) is 0.846. The van der Waals surface area contributed by atoms with Gasteiger partial charge in [-0.2, -0.15) is 0 Å². The van der Waals surface area contributed by atoms with Crippen LogP contribution in [0.2, 0.25) is 0 Å². The number of amides is 2. The molecule has 10 nitrogen and oxygen atoms in total. The molecule has 2 saturated heterocycles. The Bertz CT molecular complexity index is 735. The molecule has 0 aliphatic carbocycles. The Morgan fingerprint density at radius 1 is 0.611 bits per heavy atom. The minimum atomic E-state index is -0.566. The number of nitrogens with zero attached hydrogens (tertiary/aromatic N) is 2. The topological polar surface area (TPSA) is 112 Å². The number of carbonyl (C=O) groups is 4. The molecule has 0 spiro atoms. The minimum Gasteiger partial charge on any atom is -0.467 e. The number of rotatable bonds is 2. The first-order chi connectivity index (χ1) is 16.3. The number of ether oxygens (including phenoxy) is 4. The summed E-state index contributed by atoms with van der Waals surface area (Å²) in [5.74, 6) is -0.252. The van der Waals surface area contributed by atoms with Gasteiger partial charge in [0.2, 0.25) is 0 Å². The van der Waals surface area contributed by atoms with Crippen molar-refractivity contribution >= 4 is 24.1 Å². The zero-order chi connectivity index (χ0) is 28.2. The van der Waals surface area contributed by atoms with Crippen LogP contribution in [0.5, 0.6) is 0 Å². The Balaban J connectivity index is 0.000000360. The Kier molecular flexibility index (Phi) is 10.6. The van der Waals surface area contributed by atoms with E-state index in [1.165, 1.54) is 24.0 Å². The van der Waals surface area contributed by atoms with Crippen molar-refractivity contribution in [1.82, 2.24) is 9.80 Å². The van der Waals surface area contributed by atoms with Crippen LogP contribution in [0.1, 0.15) is 82.1 Å². The third kappa shape index (κ3) is 8.27. The molecule has 0 aromatic heterocycles. The average molecular weight is 515 g/mol. The maximum absolute atomic E-state index is 12.1. The van der Waals surface area contributed by atoms with Crippen molar-refractivity contribution in [1.29, 1.82) is 0 Å². The van der Waals surface area contributed by atoms with Crippen molar-refractivity contribution in [3.8, 4) is 0 Å². The Hall–Kier alpha value is -2.52. The fourth-order valence-electron chi connectivity index (χ4n) is 4.35. The average Bonchev–Trinajstić information content (AvgIpc) is 3.20.